The van der Waals surface area contributed by atoms with Crippen LogP contribution in [0.25, 0.3) is 56.5 Å². The lowest BCUT2D eigenvalue weighted by atomic mass is 9.87. The molecule has 8 heteroatoms. The Morgan fingerprint density at radius 1 is 0.725 bits per heavy atom. The average Bonchev–Trinajstić information content (AvgIpc) is 3.93. The largest absolute Gasteiger partial charge is 0.465 e. The highest BCUT2D eigenvalue weighted by Gasteiger charge is 2.28. The summed E-state index contributed by atoms with van der Waals surface area (Å²) in [6.07, 6.45) is 4.79. The van der Waals surface area contributed by atoms with Crippen molar-refractivity contribution < 1.29 is 14.3 Å². The molecule has 5 heterocycles. The highest BCUT2D eigenvalue weighted by Crippen LogP contribution is 2.36. The number of aromatic amines is 2. The van der Waals surface area contributed by atoms with Crippen molar-refractivity contribution in [1.29, 1.82) is 0 Å². The van der Waals surface area contributed by atoms with Crippen LogP contribution in [0.2, 0.25) is 0 Å². The number of amides is 1. The smallest absolute Gasteiger partial charge is 0.337 e. The van der Waals surface area contributed by atoms with Crippen molar-refractivity contribution >= 4 is 51.8 Å². The molecule has 2 aliphatic rings. The van der Waals surface area contributed by atoms with E-state index in [-0.39, 0.29) is 11.3 Å². The molecule has 0 unspecified atom stereocenters. The zero-order valence-electron chi connectivity index (χ0n) is 28.5. The number of ether oxygens (including phenoxy) is 1. The molecule has 51 heavy (non-hydrogen) atoms. The maximum absolute atomic E-state index is 12.8. The molecule has 8 bridgehead atoms. The van der Waals surface area contributed by atoms with Gasteiger partial charge in [-0.1, -0.05) is 56.3 Å². The molecule has 0 saturated carbocycles. The Kier molecular flexibility index (Phi) is 7.91. The van der Waals surface area contributed by atoms with Crippen molar-refractivity contribution in [1.82, 2.24) is 19.9 Å². The third-order valence-electron chi connectivity index (χ3n) is 9.34. The number of benzene rings is 3. The number of esters is 1. The van der Waals surface area contributed by atoms with E-state index in [1.807, 2.05) is 72.8 Å². The van der Waals surface area contributed by atoms with E-state index in [1.54, 1.807) is 24.3 Å². The van der Waals surface area contributed by atoms with Crippen LogP contribution in [0.5, 0.6) is 0 Å². The van der Waals surface area contributed by atoms with Crippen LogP contribution < -0.4 is 5.32 Å². The molecule has 1 amide bonds. The molecule has 250 valence electrons. The summed E-state index contributed by atoms with van der Waals surface area (Å²) in [4.78, 5) is 42.6. The number of nitrogens with zero attached hydrogens (tertiary/aromatic N) is 2. The third-order valence-corrected chi connectivity index (χ3v) is 9.34. The van der Waals surface area contributed by atoms with E-state index in [9.17, 15) is 9.59 Å². The quantitative estimate of drug-likeness (QED) is 0.158. The molecule has 2 aliphatic heterocycles. The van der Waals surface area contributed by atoms with E-state index in [0.717, 1.165) is 73.5 Å². The van der Waals surface area contributed by atoms with E-state index in [4.69, 9.17) is 14.7 Å². The van der Waals surface area contributed by atoms with Gasteiger partial charge in [0.05, 0.1) is 24.1 Å². The predicted octanol–water partition coefficient (Wildman–Crippen LogP) is 9.38. The highest BCUT2D eigenvalue weighted by atomic mass is 16.5. The fourth-order valence-corrected chi connectivity index (χ4v) is 6.68. The first-order valence-electron chi connectivity index (χ1n) is 16.8. The number of hydrogen-bond donors (Lipinski definition) is 3. The standard InChI is InChI=1S/C43H35N5O3/c1-43(2)25-34-22-37-35(26-13-15-30(16-14-26)47-41(49)28-7-5-4-6-8-28)24-38(48-37)40(27-9-11-29(12-10-27)42(50)51-3)36-20-19-32(45-36)21-31-17-18-33(44-31)23-39(43)46-34/h4-24,44,48H,25H2,1-3H3,(H,47,49). The summed E-state index contributed by atoms with van der Waals surface area (Å²) in [6.45, 7) is 4.44. The molecular weight excluding hydrogens is 635 g/mol. The Balaban J connectivity index is 1.35. The number of carbonyl (C=O) groups is 2. The molecule has 0 spiro atoms. The molecule has 8 rings (SSSR count). The van der Waals surface area contributed by atoms with Crippen LogP contribution in [0.15, 0.2) is 115 Å². The Hall–Kier alpha value is -6.54. The van der Waals surface area contributed by atoms with Gasteiger partial charge in [0.25, 0.3) is 5.91 Å². The van der Waals surface area contributed by atoms with Gasteiger partial charge in [0.1, 0.15) is 0 Å². The number of aromatic nitrogens is 4. The first-order valence-corrected chi connectivity index (χ1v) is 16.8. The molecule has 3 N–H and O–H groups in total. The Morgan fingerprint density at radius 2 is 1.45 bits per heavy atom. The van der Waals surface area contributed by atoms with E-state index in [2.05, 4.69) is 59.5 Å². The minimum Gasteiger partial charge on any atom is -0.465 e. The molecule has 3 aromatic carbocycles. The zero-order valence-corrected chi connectivity index (χ0v) is 28.5. The lowest BCUT2D eigenvalue weighted by molar-refractivity contribution is 0.0600. The first kappa shape index (κ1) is 31.7. The van der Waals surface area contributed by atoms with Gasteiger partial charge >= 0.3 is 5.97 Å². The summed E-state index contributed by atoms with van der Waals surface area (Å²) >= 11 is 0. The fraction of sp³-hybridized carbons (Fsp3) is 0.116. The predicted molar refractivity (Wildman–Crippen MR) is 203 cm³/mol. The summed E-state index contributed by atoms with van der Waals surface area (Å²) in [5.74, 6) is -0.558. The molecule has 0 fully saturated rings. The summed E-state index contributed by atoms with van der Waals surface area (Å²) in [5, 5.41) is 3.00. The normalized spacial score (nSPS) is 13.2. The average molecular weight is 670 g/mol. The van der Waals surface area contributed by atoms with Crippen molar-refractivity contribution in [3.8, 4) is 22.3 Å². The monoisotopic (exact) mass is 669 g/mol. The van der Waals surface area contributed by atoms with Crippen LogP contribution in [0, 0.1) is 0 Å². The van der Waals surface area contributed by atoms with Gasteiger partial charge in [0, 0.05) is 67.7 Å². The second-order valence-electron chi connectivity index (χ2n) is 13.5. The van der Waals surface area contributed by atoms with Crippen molar-refractivity contribution in [3.05, 3.63) is 149 Å². The molecule has 0 radical (unpaired) electrons. The number of hydrogen-bond acceptors (Lipinski definition) is 5. The van der Waals surface area contributed by atoms with Crippen LogP contribution in [0.1, 0.15) is 57.3 Å². The number of methoxy groups -OCH3 is 1. The van der Waals surface area contributed by atoms with E-state index >= 15 is 0 Å². The van der Waals surface area contributed by atoms with E-state index in [1.165, 1.54) is 7.11 Å². The molecular formula is C43H35N5O3. The van der Waals surface area contributed by atoms with E-state index < -0.39 is 5.97 Å². The van der Waals surface area contributed by atoms with Gasteiger partial charge in [-0.05, 0) is 96.1 Å². The van der Waals surface area contributed by atoms with Gasteiger partial charge in [0.15, 0.2) is 0 Å². The number of anilines is 1. The SMILES string of the molecule is COC(=O)c1ccc(-c2c3nc(cc4ccc(cc5nc(cc6[nH]c2cc6-c2ccc(NC(=O)c6ccccc6)cc2)CC5(C)C)[nH]4)C=C3)cc1. The molecule has 0 atom stereocenters. The minimum atomic E-state index is -0.394. The third kappa shape index (κ3) is 6.35. The van der Waals surface area contributed by atoms with Gasteiger partial charge in [0.2, 0.25) is 0 Å². The maximum atomic E-state index is 12.8. The van der Waals surface area contributed by atoms with Crippen LogP contribution in [0.3, 0.4) is 0 Å². The van der Waals surface area contributed by atoms with Gasteiger partial charge in [-0.25, -0.2) is 9.78 Å². The van der Waals surface area contributed by atoms with Crippen molar-refractivity contribution in [2.24, 2.45) is 0 Å². The lowest BCUT2D eigenvalue weighted by Gasteiger charge is -2.15. The number of nitrogens with one attached hydrogen (secondary N) is 3. The molecule has 0 aliphatic carbocycles. The summed E-state index contributed by atoms with van der Waals surface area (Å²) in [7, 11) is 1.38. The fourth-order valence-electron chi connectivity index (χ4n) is 6.68. The second-order valence-corrected chi connectivity index (χ2v) is 13.5. The molecule has 6 aromatic rings. The number of rotatable bonds is 5. The van der Waals surface area contributed by atoms with Gasteiger partial charge in [-0.15, -0.1) is 0 Å². The number of carbonyl (C=O) groups excluding carboxylic acids is 2. The van der Waals surface area contributed by atoms with Crippen LogP contribution in [-0.2, 0) is 16.6 Å². The topological polar surface area (TPSA) is 113 Å². The highest BCUT2D eigenvalue weighted by molar-refractivity contribution is 6.04. The number of H-pyrrole nitrogens is 2. The summed E-state index contributed by atoms with van der Waals surface area (Å²) in [6, 6.07) is 37.0. The number of fused-ring (bicyclic) bond motifs is 8. The Bertz CT molecular complexity index is 2510. The summed E-state index contributed by atoms with van der Waals surface area (Å²) < 4.78 is 4.95. The van der Waals surface area contributed by atoms with Gasteiger partial charge < -0.3 is 20.0 Å². The van der Waals surface area contributed by atoms with Crippen molar-refractivity contribution in [2.45, 2.75) is 25.7 Å². The van der Waals surface area contributed by atoms with Crippen LogP contribution >= 0.6 is 0 Å². The van der Waals surface area contributed by atoms with Crippen molar-refractivity contribution in [2.75, 3.05) is 12.4 Å². The van der Waals surface area contributed by atoms with Crippen LogP contribution in [0.4, 0.5) is 5.69 Å². The maximum Gasteiger partial charge on any atom is 0.337 e. The Labute approximate surface area is 294 Å². The molecule has 3 aromatic heterocycles. The van der Waals surface area contributed by atoms with Gasteiger partial charge in [-0.3, -0.25) is 9.78 Å². The minimum absolute atomic E-state index is 0.163. The zero-order chi connectivity index (χ0) is 35.1. The van der Waals surface area contributed by atoms with E-state index in [0.29, 0.717) is 16.8 Å². The Morgan fingerprint density at radius 3 is 2.20 bits per heavy atom. The van der Waals surface area contributed by atoms with Crippen molar-refractivity contribution in [3.63, 3.8) is 0 Å². The summed E-state index contributed by atoms with van der Waals surface area (Å²) in [5.41, 5.74) is 12.6. The van der Waals surface area contributed by atoms with Gasteiger partial charge in [-0.2, -0.15) is 0 Å². The molecule has 8 nitrogen and oxygen atoms in total. The second kappa shape index (κ2) is 12.7. The first-order chi connectivity index (χ1) is 24.7. The van der Waals surface area contributed by atoms with Crippen LogP contribution in [-0.4, -0.2) is 38.9 Å². The lowest BCUT2D eigenvalue weighted by Crippen LogP contribution is -2.14. The molecule has 0 saturated heterocycles.